The van der Waals surface area contributed by atoms with Crippen LogP contribution in [0.15, 0.2) is 12.2 Å². The van der Waals surface area contributed by atoms with E-state index < -0.39 is 5.97 Å². The normalized spacial score (nSPS) is 12.9. The molecule has 3 heteroatoms. The number of allylic oxidation sites excluding steroid dienone is 1. The number of aliphatic hydroxyl groups excluding tert-OH is 1. The number of aliphatic hydroxyl groups is 1. The third-order valence-corrected chi connectivity index (χ3v) is 3.73. The Morgan fingerprint density at radius 2 is 1.62 bits per heavy atom. The van der Waals surface area contributed by atoms with Crippen molar-refractivity contribution in [2.75, 3.05) is 0 Å². The Morgan fingerprint density at radius 1 is 0.952 bits per heavy atom. The van der Waals surface area contributed by atoms with Crippen molar-refractivity contribution in [3.8, 4) is 0 Å². The monoisotopic (exact) mass is 298 g/mol. The molecule has 0 aliphatic heterocycles. The molecule has 2 N–H and O–H groups in total. The van der Waals surface area contributed by atoms with Crippen LogP contribution in [0.3, 0.4) is 0 Å². The van der Waals surface area contributed by atoms with E-state index >= 15 is 0 Å². The summed E-state index contributed by atoms with van der Waals surface area (Å²) < 4.78 is 0. The minimum Gasteiger partial charge on any atom is -0.481 e. The zero-order valence-corrected chi connectivity index (χ0v) is 13.7. The predicted molar refractivity (Wildman–Crippen MR) is 88.5 cm³/mol. The molecule has 0 spiro atoms. The van der Waals surface area contributed by atoms with Gasteiger partial charge in [0.25, 0.3) is 0 Å². The number of unbranched alkanes of at least 4 members (excludes halogenated alkanes) is 8. The molecule has 0 saturated heterocycles. The van der Waals surface area contributed by atoms with Gasteiger partial charge in [0.15, 0.2) is 0 Å². The van der Waals surface area contributed by atoms with Gasteiger partial charge in [-0.05, 0) is 32.1 Å². The molecule has 1 atom stereocenters. The first-order valence-electron chi connectivity index (χ1n) is 8.71. The number of hydrogen-bond donors (Lipinski definition) is 2. The highest BCUT2D eigenvalue weighted by atomic mass is 16.4. The number of aliphatic carboxylic acids is 1. The molecule has 0 aromatic rings. The summed E-state index contributed by atoms with van der Waals surface area (Å²) >= 11 is 0. The number of carboxylic acids is 1. The average Bonchev–Trinajstić information content (AvgIpc) is 2.44. The SMILES string of the molecule is CCCCCC(O)CC=CCCCCCCCCC(=O)O. The van der Waals surface area contributed by atoms with Gasteiger partial charge in [0.1, 0.15) is 0 Å². The quantitative estimate of drug-likeness (QED) is 0.327. The van der Waals surface area contributed by atoms with E-state index in [0.717, 1.165) is 44.9 Å². The first-order chi connectivity index (χ1) is 10.2. The second-order valence-electron chi connectivity index (χ2n) is 5.91. The Morgan fingerprint density at radius 3 is 2.29 bits per heavy atom. The fourth-order valence-corrected chi connectivity index (χ4v) is 2.36. The molecule has 0 radical (unpaired) electrons. The molecule has 1 unspecified atom stereocenters. The lowest BCUT2D eigenvalue weighted by atomic mass is 10.1. The van der Waals surface area contributed by atoms with Gasteiger partial charge < -0.3 is 10.2 Å². The van der Waals surface area contributed by atoms with Gasteiger partial charge in [-0.3, -0.25) is 4.79 Å². The highest BCUT2D eigenvalue weighted by Crippen LogP contribution is 2.10. The molecule has 0 amide bonds. The van der Waals surface area contributed by atoms with Gasteiger partial charge >= 0.3 is 5.97 Å². The summed E-state index contributed by atoms with van der Waals surface area (Å²) in [5, 5.41) is 18.3. The van der Waals surface area contributed by atoms with E-state index in [1.807, 2.05) is 0 Å². The molecular formula is C18H34O3. The Hall–Kier alpha value is -0.830. The van der Waals surface area contributed by atoms with Crippen molar-refractivity contribution in [3.05, 3.63) is 12.2 Å². The summed E-state index contributed by atoms with van der Waals surface area (Å²) in [4.78, 5) is 10.3. The van der Waals surface area contributed by atoms with E-state index in [1.54, 1.807) is 0 Å². The van der Waals surface area contributed by atoms with E-state index in [9.17, 15) is 9.90 Å². The van der Waals surface area contributed by atoms with Crippen LogP contribution in [0.1, 0.15) is 90.4 Å². The highest BCUT2D eigenvalue weighted by Gasteiger charge is 2.00. The van der Waals surface area contributed by atoms with E-state index in [0.29, 0.717) is 6.42 Å². The molecule has 0 bridgehead atoms. The van der Waals surface area contributed by atoms with Gasteiger partial charge in [0.2, 0.25) is 0 Å². The lowest BCUT2D eigenvalue weighted by molar-refractivity contribution is -0.137. The largest absolute Gasteiger partial charge is 0.481 e. The molecule has 0 aromatic carbocycles. The minimum absolute atomic E-state index is 0.165. The molecule has 0 aliphatic carbocycles. The van der Waals surface area contributed by atoms with Crippen molar-refractivity contribution >= 4 is 5.97 Å². The van der Waals surface area contributed by atoms with Crippen molar-refractivity contribution in [2.24, 2.45) is 0 Å². The van der Waals surface area contributed by atoms with Gasteiger partial charge in [-0.1, -0.05) is 64.0 Å². The highest BCUT2D eigenvalue weighted by molar-refractivity contribution is 5.66. The number of rotatable bonds is 15. The van der Waals surface area contributed by atoms with Crippen LogP contribution in [0.25, 0.3) is 0 Å². The van der Waals surface area contributed by atoms with Crippen LogP contribution >= 0.6 is 0 Å². The summed E-state index contributed by atoms with van der Waals surface area (Å²) in [7, 11) is 0. The number of hydrogen-bond acceptors (Lipinski definition) is 2. The standard InChI is InChI=1S/C18H34O3/c1-2-3-11-14-17(19)15-12-9-7-5-4-6-8-10-13-16-18(20)21/h9,12,17,19H,2-8,10-11,13-16H2,1H3,(H,20,21). The molecule has 0 heterocycles. The van der Waals surface area contributed by atoms with Crippen LogP contribution in [0, 0.1) is 0 Å². The van der Waals surface area contributed by atoms with Gasteiger partial charge in [-0.15, -0.1) is 0 Å². The molecule has 0 fully saturated rings. The fourth-order valence-electron chi connectivity index (χ4n) is 2.36. The molecular weight excluding hydrogens is 264 g/mol. The van der Waals surface area contributed by atoms with Crippen LogP contribution in [0.5, 0.6) is 0 Å². The lowest BCUT2D eigenvalue weighted by Gasteiger charge is -2.06. The second-order valence-corrected chi connectivity index (χ2v) is 5.91. The maximum absolute atomic E-state index is 10.3. The second kappa shape index (κ2) is 15.6. The molecule has 0 saturated carbocycles. The smallest absolute Gasteiger partial charge is 0.303 e. The van der Waals surface area contributed by atoms with E-state index in [4.69, 9.17) is 5.11 Å². The van der Waals surface area contributed by atoms with Gasteiger partial charge in [-0.25, -0.2) is 0 Å². The zero-order chi connectivity index (χ0) is 15.8. The molecule has 0 aliphatic rings. The van der Waals surface area contributed by atoms with Gasteiger partial charge in [0.05, 0.1) is 6.10 Å². The number of carboxylic acid groups (broad SMARTS) is 1. The molecule has 0 rings (SSSR count). The maximum Gasteiger partial charge on any atom is 0.303 e. The van der Waals surface area contributed by atoms with Gasteiger partial charge in [-0.2, -0.15) is 0 Å². The third-order valence-electron chi connectivity index (χ3n) is 3.73. The van der Waals surface area contributed by atoms with Gasteiger partial charge in [0, 0.05) is 6.42 Å². The topological polar surface area (TPSA) is 57.5 Å². The Bertz CT molecular complexity index is 261. The first-order valence-corrected chi connectivity index (χ1v) is 8.71. The summed E-state index contributed by atoms with van der Waals surface area (Å²) in [5.74, 6) is -0.683. The first kappa shape index (κ1) is 20.2. The van der Waals surface area contributed by atoms with Crippen molar-refractivity contribution in [1.29, 1.82) is 0 Å². The van der Waals surface area contributed by atoms with Crippen LogP contribution in [-0.2, 0) is 4.79 Å². The Balaban J connectivity index is 3.23. The third kappa shape index (κ3) is 17.1. The fraction of sp³-hybridized carbons (Fsp3) is 0.833. The predicted octanol–water partition coefficient (Wildman–Crippen LogP) is 5.08. The summed E-state index contributed by atoms with van der Waals surface area (Å²) in [6.07, 6.45) is 17.4. The Kier molecular flexibility index (Phi) is 14.9. The molecule has 21 heavy (non-hydrogen) atoms. The lowest BCUT2D eigenvalue weighted by Crippen LogP contribution is -2.04. The van der Waals surface area contributed by atoms with E-state index in [-0.39, 0.29) is 6.10 Å². The minimum atomic E-state index is -0.683. The summed E-state index contributed by atoms with van der Waals surface area (Å²) in [6.45, 7) is 2.18. The van der Waals surface area contributed by atoms with Crippen LogP contribution in [-0.4, -0.2) is 22.3 Å². The zero-order valence-electron chi connectivity index (χ0n) is 13.7. The molecule has 124 valence electrons. The summed E-state index contributed by atoms with van der Waals surface area (Å²) in [6, 6.07) is 0. The van der Waals surface area contributed by atoms with E-state index in [2.05, 4.69) is 19.1 Å². The van der Waals surface area contributed by atoms with E-state index in [1.165, 1.54) is 32.1 Å². The van der Waals surface area contributed by atoms with Crippen molar-refractivity contribution in [3.63, 3.8) is 0 Å². The number of carbonyl (C=O) groups is 1. The summed E-state index contributed by atoms with van der Waals surface area (Å²) in [5.41, 5.74) is 0. The maximum atomic E-state index is 10.3. The van der Waals surface area contributed by atoms with Crippen molar-refractivity contribution in [2.45, 2.75) is 96.5 Å². The van der Waals surface area contributed by atoms with Crippen LogP contribution in [0.4, 0.5) is 0 Å². The van der Waals surface area contributed by atoms with Crippen LogP contribution < -0.4 is 0 Å². The molecule has 3 nitrogen and oxygen atoms in total. The van der Waals surface area contributed by atoms with Crippen molar-refractivity contribution < 1.29 is 15.0 Å². The Labute approximate surface area is 130 Å². The van der Waals surface area contributed by atoms with Crippen molar-refractivity contribution in [1.82, 2.24) is 0 Å². The van der Waals surface area contributed by atoms with Crippen LogP contribution in [0.2, 0.25) is 0 Å². The molecule has 0 aromatic heterocycles. The average molecular weight is 298 g/mol.